The molecule has 2 unspecified atom stereocenters. The average molecular weight is 393 g/mol. The molecule has 0 heterocycles. The summed E-state index contributed by atoms with van der Waals surface area (Å²) in [6.07, 6.45) is 22.9. The van der Waals surface area contributed by atoms with Crippen LogP contribution >= 0.6 is 15.8 Å². The van der Waals surface area contributed by atoms with Crippen LogP contribution in [0.1, 0.15) is 79.9 Å². The highest BCUT2D eigenvalue weighted by Crippen LogP contribution is 2.70. The van der Waals surface area contributed by atoms with Crippen molar-refractivity contribution in [2.75, 3.05) is 25.7 Å². The van der Waals surface area contributed by atoms with Gasteiger partial charge in [0.25, 0.3) is 0 Å². The Hall–Kier alpha value is 0.860. The summed E-state index contributed by atoms with van der Waals surface area (Å²) in [6, 6.07) is 0. The van der Waals surface area contributed by atoms with Gasteiger partial charge in [0.2, 0.25) is 0 Å². The van der Waals surface area contributed by atoms with Gasteiger partial charge in [-0.05, 0) is 149 Å². The van der Waals surface area contributed by atoms with Gasteiger partial charge in [-0.2, -0.15) is 0 Å². The quantitative estimate of drug-likeness (QED) is 0.428. The predicted molar refractivity (Wildman–Crippen MR) is 119 cm³/mol. The van der Waals surface area contributed by atoms with Crippen LogP contribution in [0.4, 0.5) is 0 Å². The Labute approximate surface area is 167 Å². The van der Waals surface area contributed by atoms with Crippen LogP contribution in [-0.4, -0.2) is 36.0 Å². The highest BCUT2D eigenvalue weighted by atomic mass is 31.1. The van der Waals surface area contributed by atoms with E-state index in [9.17, 15) is 0 Å². The third kappa shape index (κ3) is 2.74. The summed E-state index contributed by atoms with van der Waals surface area (Å²) in [5.74, 6) is 6.90. The lowest BCUT2D eigenvalue weighted by Gasteiger charge is -2.60. The van der Waals surface area contributed by atoms with Gasteiger partial charge >= 0.3 is 2.85 Å². The standard InChI is InChI=1S/C24H40P2/c1-25(23-11-17-5-18(12-23)7-19(6-17)13-23)3-4-26(2)24-14-20-8-21(15-24)10-22(9-20)16-24/h17-22H,3-16H2,1-2H3/p+2. The zero-order valence-corrected chi connectivity index (χ0v) is 19.0. The van der Waals surface area contributed by atoms with E-state index >= 15 is 0 Å². The van der Waals surface area contributed by atoms with E-state index in [0.717, 1.165) is 45.8 Å². The molecule has 2 atom stereocenters. The largest absolute Gasteiger partial charge is 1.00 e. The van der Waals surface area contributed by atoms with Crippen LogP contribution in [-0.2, 0) is 0 Å². The molecule has 26 heavy (non-hydrogen) atoms. The number of rotatable bonds is 5. The van der Waals surface area contributed by atoms with E-state index in [2.05, 4.69) is 13.3 Å². The monoisotopic (exact) mass is 392 g/mol. The van der Waals surface area contributed by atoms with E-state index in [1.54, 1.807) is 89.4 Å². The third-order valence-electron chi connectivity index (χ3n) is 10.4. The molecule has 8 fully saturated rings. The molecule has 8 bridgehead atoms. The lowest BCUT2D eigenvalue weighted by Crippen LogP contribution is -2.50. The molecule has 0 amide bonds. The van der Waals surface area contributed by atoms with Gasteiger partial charge in [0.05, 0.1) is 0 Å². The molecule has 8 aliphatic carbocycles. The Bertz CT molecular complexity index is 456. The van der Waals surface area contributed by atoms with Crippen molar-refractivity contribution < 1.29 is 2.85 Å². The summed E-state index contributed by atoms with van der Waals surface area (Å²) in [4.78, 5) is 0. The van der Waals surface area contributed by atoms with Gasteiger partial charge in [0.15, 0.2) is 0 Å². The van der Waals surface area contributed by atoms with Crippen molar-refractivity contribution in [3.05, 3.63) is 0 Å². The van der Waals surface area contributed by atoms with Crippen LogP contribution in [0.25, 0.3) is 0 Å². The molecule has 0 aromatic rings. The number of hydrogen-bond donors (Lipinski definition) is 0. The van der Waals surface area contributed by atoms with Crippen LogP contribution in [0, 0.1) is 35.5 Å². The normalized spacial score (nSPS) is 56.1. The maximum absolute atomic E-state index is 2.76. The molecule has 0 aromatic carbocycles. The second-order valence-electron chi connectivity index (χ2n) is 12.1. The van der Waals surface area contributed by atoms with Crippen LogP contribution < -0.4 is 0 Å². The molecule has 8 saturated carbocycles. The van der Waals surface area contributed by atoms with Gasteiger partial charge in [0.1, 0.15) is 0 Å². The lowest BCUT2D eigenvalue weighted by molar-refractivity contribution is 0.0352. The van der Waals surface area contributed by atoms with Crippen molar-refractivity contribution in [3.8, 4) is 0 Å². The summed E-state index contributed by atoms with van der Waals surface area (Å²) in [5, 5.41) is 1.73. The predicted octanol–water partition coefficient (Wildman–Crippen LogP) is 7.37. The van der Waals surface area contributed by atoms with E-state index in [-0.39, 0.29) is 18.7 Å². The van der Waals surface area contributed by atoms with Gasteiger partial charge in [0, 0.05) is 0 Å². The van der Waals surface area contributed by atoms with Crippen molar-refractivity contribution in [3.63, 3.8) is 0 Å². The minimum absolute atomic E-state index is 0. The molecular weight excluding hydrogens is 350 g/mol. The molecule has 0 nitrogen and oxygen atoms in total. The van der Waals surface area contributed by atoms with E-state index in [1.165, 1.54) is 0 Å². The maximum Gasteiger partial charge on any atom is 1.00 e. The zero-order valence-electron chi connectivity index (χ0n) is 19.3. The van der Waals surface area contributed by atoms with Crippen LogP contribution in [0.5, 0.6) is 0 Å². The zero-order chi connectivity index (χ0) is 17.5. The molecule has 0 aliphatic heterocycles. The highest BCUT2D eigenvalue weighted by Gasteiger charge is 2.54. The molecule has 0 radical (unpaired) electrons. The first-order chi connectivity index (χ1) is 12.5. The van der Waals surface area contributed by atoms with Gasteiger partial charge in [-0.25, -0.2) is 0 Å². The van der Waals surface area contributed by atoms with Crippen LogP contribution in [0.15, 0.2) is 0 Å². The average Bonchev–Trinajstić information content (AvgIpc) is 2.57. The molecule has 146 valence electrons. The SMILES string of the molecule is CP(CCP(C)C12CC3CC(CC(C3)C1)C2)C12CC3CC(CC(C3)C1)C2.[H+].[H+]. The molecule has 8 aliphatic rings. The molecule has 0 aromatic heterocycles. The smallest absolute Gasteiger partial charge is 0.103 e. The fourth-order valence-electron chi connectivity index (χ4n) is 9.84. The van der Waals surface area contributed by atoms with Crippen molar-refractivity contribution in [2.24, 2.45) is 35.5 Å². The van der Waals surface area contributed by atoms with Crippen molar-refractivity contribution >= 4 is 15.8 Å². The van der Waals surface area contributed by atoms with Gasteiger partial charge in [-0.1, -0.05) is 0 Å². The summed E-state index contributed by atoms with van der Waals surface area (Å²) >= 11 is 0. The third-order valence-corrected chi connectivity index (χ3v) is 16.9. The first kappa shape index (κ1) is 17.7. The fraction of sp³-hybridized carbons (Fsp3) is 1.00. The van der Waals surface area contributed by atoms with Crippen LogP contribution in [0.2, 0.25) is 0 Å². The Morgan fingerprint density at radius 3 is 1.00 bits per heavy atom. The van der Waals surface area contributed by atoms with Crippen molar-refractivity contribution in [2.45, 2.75) is 87.4 Å². The number of hydrogen-bond acceptors (Lipinski definition) is 0. The Balaban J connectivity index is 0.000000961. The van der Waals surface area contributed by atoms with E-state index in [0.29, 0.717) is 0 Å². The second kappa shape index (κ2) is 6.18. The Kier molecular flexibility index (Phi) is 4.21. The second-order valence-corrected chi connectivity index (χ2v) is 17.7. The first-order valence-corrected chi connectivity index (χ1v) is 15.9. The highest BCUT2D eigenvalue weighted by molar-refractivity contribution is 7.62. The van der Waals surface area contributed by atoms with Gasteiger partial charge < -0.3 is 0 Å². The Morgan fingerprint density at radius 1 is 0.538 bits per heavy atom. The Morgan fingerprint density at radius 2 is 0.769 bits per heavy atom. The molecule has 0 spiro atoms. The topological polar surface area (TPSA) is 0 Å². The van der Waals surface area contributed by atoms with Crippen molar-refractivity contribution in [1.29, 1.82) is 0 Å². The van der Waals surface area contributed by atoms with Gasteiger partial charge in [-0.15, -0.1) is 15.8 Å². The molecular formula is C24H42P2+2. The summed E-state index contributed by atoms with van der Waals surface area (Å²) in [5.41, 5.74) is 0. The summed E-state index contributed by atoms with van der Waals surface area (Å²) in [6.45, 7) is 5.51. The molecule has 2 heteroatoms. The van der Waals surface area contributed by atoms with E-state index < -0.39 is 0 Å². The van der Waals surface area contributed by atoms with Gasteiger partial charge in [-0.3, -0.25) is 0 Å². The maximum atomic E-state index is 2.76. The lowest BCUT2D eigenvalue weighted by atomic mass is 9.56. The summed E-state index contributed by atoms with van der Waals surface area (Å²) < 4.78 is 0. The first-order valence-electron chi connectivity index (χ1n) is 11.9. The van der Waals surface area contributed by atoms with Crippen molar-refractivity contribution in [1.82, 2.24) is 0 Å². The van der Waals surface area contributed by atoms with Crippen LogP contribution in [0.3, 0.4) is 0 Å². The fourth-order valence-corrected chi connectivity index (χ4v) is 16.6. The summed E-state index contributed by atoms with van der Waals surface area (Å²) in [7, 11) is 0.575. The molecule has 0 saturated heterocycles. The van der Waals surface area contributed by atoms with E-state index in [4.69, 9.17) is 0 Å². The molecule has 8 rings (SSSR count). The minimum Gasteiger partial charge on any atom is -0.103 e. The minimum atomic E-state index is 0. The van der Waals surface area contributed by atoms with E-state index in [1.807, 2.05) is 0 Å². The molecule has 0 N–H and O–H groups in total.